The topological polar surface area (TPSA) is 179 Å². The van der Waals surface area contributed by atoms with Gasteiger partial charge in [0.05, 0.1) is 41.1 Å². The van der Waals surface area contributed by atoms with Crippen LogP contribution in [0.2, 0.25) is 0 Å². The molecule has 5 N–H and O–H groups in total. The van der Waals surface area contributed by atoms with E-state index in [-0.39, 0.29) is 64.7 Å². The first-order valence-corrected chi connectivity index (χ1v) is 17.0. The Kier molecular flexibility index (Phi) is 9.61. The third-order valence-electron chi connectivity index (χ3n) is 11.0. The van der Waals surface area contributed by atoms with Gasteiger partial charge in [0.15, 0.2) is 18.4 Å². The van der Waals surface area contributed by atoms with E-state index in [2.05, 4.69) is 0 Å². The number of hydrogen-bond acceptors (Lipinski definition) is 13. The summed E-state index contributed by atoms with van der Waals surface area (Å²) in [5.41, 5.74) is -1.94. The highest BCUT2D eigenvalue weighted by Gasteiger charge is 2.53. The molecule has 13 nitrogen and oxygen atoms in total. The molecule has 0 saturated carbocycles. The Morgan fingerprint density at radius 2 is 1.41 bits per heavy atom. The van der Waals surface area contributed by atoms with Gasteiger partial charge < -0.3 is 54.3 Å². The molecule has 49 heavy (non-hydrogen) atoms. The van der Waals surface area contributed by atoms with E-state index in [9.17, 15) is 35.1 Å². The predicted molar refractivity (Wildman–Crippen MR) is 176 cm³/mol. The van der Waals surface area contributed by atoms with Crippen LogP contribution >= 0.6 is 0 Å². The molecule has 2 heterocycles. The lowest BCUT2D eigenvalue weighted by molar-refractivity contribution is -0.323. The van der Waals surface area contributed by atoms with Crippen LogP contribution in [0.3, 0.4) is 0 Å². The molecule has 2 aromatic rings. The number of phenols is 3. The van der Waals surface area contributed by atoms with Crippen molar-refractivity contribution in [2.24, 2.45) is 0 Å². The second kappa shape index (κ2) is 13.2. The Labute approximate surface area is 285 Å². The number of fused-ring (bicyclic) bond motifs is 3. The number of aliphatic hydroxyl groups is 2. The van der Waals surface area contributed by atoms with Gasteiger partial charge in [0, 0.05) is 41.6 Å². The van der Waals surface area contributed by atoms with E-state index in [1.54, 1.807) is 13.8 Å². The van der Waals surface area contributed by atoms with Gasteiger partial charge in [-0.3, -0.25) is 9.59 Å². The fourth-order valence-electron chi connectivity index (χ4n) is 8.15. The Bertz CT molecular complexity index is 1630. The van der Waals surface area contributed by atoms with Gasteiger partial charge in [0.2, 0.25) is 5.78 Å². The minimum absolute atomic E-state index is 0.0939. The number of ketones is 2. The van der Waals surface area contributed by atoms with Crippen molar-refractivity contribution in [1.82, 2.24) is 9.80 Å². The summed E-state index contributed by atoms with van der Waals surface area (Å²) in [7, 11) is 7.45. The summed E-state index contributed by atoms with van der Waals surface area (Å²) in [6.07, 6.45) is -4.16. The van der Waals surface area contributed by atoms with E-state index in [4.69, 9.17) is 18.9 Å². The van der Waals surface area contributed by atoms with Crippen molar-refractivity contribution in [3.63, 3.8) is 0 Å². The van der Waals surface area contributed by atoms with Gasteiger partial charge in [-0.05, 0) is 67.4 Å². The minimum Gasteiger partial charge on any atom is -0.507 e. The Hall–Kier alpha value is -3.14. The highest BCUT2D eigenvalue weighted by atomic mass is 16.7. The number of likely N-dealkylation sites (N-methyl/N-ethyl adjacent to an activating group) is 2. The molecule has 4 aliphatic rings. The van der Waals surface area contributed by atoms with Crippen LogP contribution < -0.4 is 0 Å². The van der Waals surface area contributed by atoms with Crippen LogP contribution in [-0.4, -0.2) is 130 Å². The lowest BCUT2D eigenvalue weighted by Gasteiger charge is -2.50. The number of rotatable bonds is 7. The number of carbonyl (C=O) groups is 2. The van der Waals surface area contributed by atoms with Crippen LogP contribution in [0.1, 0.15) is 95.5 Å². The smallest absolute Gasteiger partial charge is 0.202 e. The van der Waals surface area contributed by atoms with Gasteiger partial charge in [-0.25, -0.2) is 0 Å². The number of hydrogen-bond donors (Lipinski definition) is 5. The van der Waals surface area contributed by atoms with E-state index in [0.29, 0.717) is 12.8 Å². The molecule has 10 atom stereocenters. The van der Waals surface area contributed by atoms with Crippen LogP contribution in [-0.2, 0) is 25.4 Å². The normalized spacial score (nSPS) is 34.6. The maximum Gasteiger partial charge on any atom is 0.202 e. The molecular weight excluding hydrogens is 636 g/mol. The van der Waals surface area contributed by atoms with Gasteiger partial charge in [-0.1, -0.05) is 19.1 Å². The standard InChI is InChI=1S/C36H48N2O11/c1-8-36(49-24-15-21(38(6)7)30(41)17(3)47-24)13-12-19-26(35(36)48-23-14-20(37(4)5)29(40)16(2)46-23)34(45)28-27(32(19)43)33(44)25-18(31(28)42)10-9-11-22(25)39/h9-11,16-17,20-21,23-24,29-30,35,39-41,43,45H,8,12-15H2,1-7H3. The summed E-state index contributed by atoms with van der Waals surface area (Å²) in [6.45, 7) is 5.43. The Balaban J connectivity index is 1.49. The summed E-state index contributed by atoms with van der Waals surface area (Å²) >= 11 is 0. The van der Waals surface area contributed by atoms with Crippen LogP contribution in [0.4, 0.5) is 0 Å². The zero-order valence-corrected chi connectivity index (χ0v) is 29.0. The number of aliphatic hydroxyl groups excluding tert-OH is 2. The summed E-state index contributed by atoms with van der Waals surface area (Å²) in [4.78, 5) is 31.5. The summed E-state index contributed by atoms with van der Waals surface area (Å²) in [5.74, 6) is -2.89. The van der Waals surface area contributed by atoms with Crippen molar-refractivity contribution < 1.29 is 54.1 Å². The van der Waals surface area contributed by atoms with Crippen molar-refractivity contribution in [2.45, 2.75) is 114 Å². The van der Waals surface area contributed by atoms with Gasteiger partial charge in [-0.2, -0.15) is 0 Å². The van der Waals surface area contributed by atoms with Crippen LogP contribution in [0.5, 0.6) is 17.2 Å². The average molecular weight is 685 g/mol. The molecule has 2 aromatic carbocycles. The zero-order valence-electron chi connectivity index (χ0n) is 29.0. The number of aromatic hydroxyl groups is 3. The van der Waals surface area contributed by atoms with Crippen molar-refractivity contribution in [1.29, 1.82) is 0 Å². The second-order valence-corrected chi connectivity index (χ2v) is 14.3. The maximum absolute atomic E-state index is 14.0. The van der Waals surface area contributed by atoms with Crippen molar-refractivity contribution in [3.8, 4) is 17.2 Å². The summed E-state index contributed by atoms with van der Waals surface area (Å²) in [5, 5.41) is 56.1. The molecule has 6 rings (SSSR count). The highest BCUT2D eigenvalue weighted by molar-refractivity contribution is 6.31. The first kappa shape index (κ1) is 35.7. The largest absolute Gasteiger partial charge is 0.507 e. The van der Waals surface area contributed by atoms with E-state index in [0.717, 1.165) is 0 Å². The first-order chi connectivity index (χ1) is 23.1. The number of carbonyl (C=O) groups excluding carboxylic acids is 2. The fourth-order valence-corrected chi connectivity index (χ4v) is 8.15. The molecule has 13 heteroatoms. The lowest BCUT2D eigenvalue weighted by atomic mass is 9.71. The molecule has 2 saturated heterocycles. The molecule has 2 fully saturated rings. The molecule has 0 amide bonds. The average Bonchev–Trinajstić information content (AvgIpc) is 3.05. The van der Waals surface area contributed by atoms with E-state index in [1.165, 1.54) is 18.2 Å². The summed E-state index contributed by atoms with van der Waals surface area (Å²) < 4.78 is 26.0. The number of phenolic OH excluding ortho intramolecular Hbond substituents is 3. The molecule has 0 spiro atoms. The maximum atomic E-state index is 14.0. The van der Waals surface area contributed by atoms with Crippen LogP contribution in [0.25, 0.3) is 0 Å². The molecular formula is C36H48N2O11. The minimum atomic E-state index is -1.19. The first-order valence-electron chi connectivity index (χ1n) is 17.0. The van der Waals surface area contributed by atoms with Crippen molar-refractivity contribution >= 4 is 11.6 Å². The number of ether oxygens (including phenoxy) is 4. The van der Waals surface area contributed by atoms with Gasteiger partial charge >= 0.3 is 0 Å². The third kappa shape index (κ3) is 5.83. The van der Waals surface area contributed by atoms with E-state index < -0.39 is 77.5 Å². The molecule has 0 aromatic heterocycles. The van der Waals surface area contributed by atoms with Crippen LogP contribution in [0, 0.1) is 0 Å². The van der Waals surface area contributed by atoms with E-state index >= 15 is 0 Å². The quantitative estimate of drug-likeness (QED) is 0.230. The molecule has 0 bridgehead atoms. The molecule has 268 valence electrons. The predicted octanol–water partition coefficient (Wildman–Crippen LogP) is 2.60. The molecule has 10 unspecified atom stereocenters. The Morgan fingerprint density at radius 1 is 0.837 bits per heavy atom. The van der Waals surface area contributed by atoms with Crippen LogP contribution in [0.15, 0.2) is 18.2 Å². The second-order valence-electron chi connectivity index (χ2n) is 14.3. The molecule has 2 aliphatic carbocycles. The molecule has 0 radical (unpaired) electrons. The fraction of sp³-hybridized carbons (Fsp3) is 0.611. The summed E-state index contributed by atoms with van der Waals surface area (Å²) in [6, 6.07) is 3.52. The highest BCUT2D eigenvalue weighted by Crippen LogP contribution is 2.55. The van der Waals surface area contributed by atoms with Crippen molar-refractivity contribution in [2.75, 3.05) is 28.2 Å². The van der Waals surface area contributed by atoms with Gasteiger partial charge in [0.25, 0.3) is 0 Å². The van der Waals surface area contributed by atoms with Crippen molar-refractivity contribution in [3.05, 3.63) is 51.6 Å². The lowest BCUT2D eigenvalue weighted by Crippen LogP contribution is -2.57. The molecule has 2 aliphatic heterocycles. The van der Waals surface area contributed by atoms with Gasteiger partial charge in [0.1, 0.15) is 29.0 Å². The zero-order chi connectivity index (χ0) is 35.7. The SMILES string of the molecule is CCC1(OC2CC(N(C)C)C(O)C(C)O2)CCc2c(O)c3c(c(O)c2C1OC1CC(N(C)C)C(O)C(C)O1)C(=O)c1cccc(O)c1C3=O. The Morgan fingerprint density at radius 3 is 2.00 bits per heavy atom. The van der Waals surface area contributed by atoms with Gasteiger partial charge in [-0.15, -0.1) is 0 Å². The van der Waals surface area contributed by atoms with E-state index in [1.807, 2.05) is 44.9 Å². The number of nitrogens with zero attached hydrogens (tertiary/aromatic N) is 2. The monoisotopic (exact) mass is 684 g/mol. The number of benzene rings is 2. The third-order valence-corrected chi connectivity index (χ3v) is 11.0.